The zero-order valence-electron chi connectivity index (χ0n) is 16.5. The molecule has 3 aromatic rings. The van der Waals surface area contributed by atoms with Crippen LogP contribution in [0, 0.1) is 5.92 Å². The number of nitrogens with zero attached hydrogens (tertiary/aromatic N) is 4. The molecular formula is C22H26N4OS. The molecule has 146 valence electrons. The molecule has 0 radical (unpaired) electrons. The van der Waals surface area contributed by atoms with Gasteiger partial charge in [-0.3, -0.25) is 14.7 Å². The van der Waals surface area contributed by atoms with Crippen LogP contribution in [0.25, 0.3) is 10.2 Å². The second-order valence-electron chi connectivity index (χ2n) is 7.52. The van der Waals surface area contributed by atoms with Crippen molar-refractivity contribution in [3.05, 3.63) is 53.9 Å². The number of fused-ring (bicyclic) bond motifs is 1. The standard InChI is InChI=1S/C22H26N4OS/c1-3-16-6-7-19-20(13-16)28-22(24-19)26(15-17-5-4-10-23-14-17)21(27)18-8-11-25(2)12-9-18/h4-7,10,13-14,18H,3,8-9,11-12,15H2,1-2H3. The van der Waals surface area contributed by atoms with Crippen molar-refractivity contribution in [1.29, 1.82) is 0 Å². The highest BCUT2D eigenvalue weighted by molar-refractivity contribution is 7.22. The molecular weight excluding hydrogens is 368 g/mol. The van der Waals surface area contributed by atoms with Crippen LogP contribution >= 0.6 is 11.3 Å². The van der Waals surface area contributed by atoms with Gasteiger partial charge in [0, 0.05) is 18.3 Å². The Kier molecular flexibility index (Phi) is 5.69. The van der Waals surface area contributed by atoms with Crippen LogP contribution in [-0.4, -0.2) is 40.9 Å². The van der Waals surface area contributed by atoms with Gasteiger partial charge in [-0.1, -0.05) is 30.4 Å². The molecule has 0 aliphatic carbocycles. The third-order valence-corrected chi connectivity index (χ3v) is 6.52. The molecule has 28 heavy (non-hydrogen) atoms. The van der Waals surface area contributed by atoms with Gasteiger partial charge >= 0.3 is 0 Å². The SMILES string of the molecule is CCc1ccc2nc(N(Cc3cccnc3)C(=O)C3CCN(C)CC3)sc2c1. The predicted octanol–water partition coefficient (Wildman–Crippen LogP) is 4.13. The number of aromatic nitrogens is 2. The minimum atomic E-state index is 0.0612. The molecule has 5 nitrogen and oxygen atoms in total. The number of hydrogen-bond acceptors (Lipinski definition) is 5. The minimum Gasteiger partial charge on any atom is -0.306 e. The normalized spacial score (nSPS) is 15.8. The molecule has 0 unspecified atom stereocenters. The molecule has 0 spiro atoms. The van der Waals surface area contributed by atoms with Crippen molar-refractivity contribution in [2.45, 2.75) is 32.7 Å². The van der Waals surface area contributed by atoms with Gasteiger partial charge in [-0.25, -0.2) is 4.98 Å². The number of piperidine rings is 1. The Hall–Kier alpha value is -2.31. The first kappa shape index (κ1) is 19.0. The molecule has 6 heteroatoms. The highest BCUT2D eigenvalue weighted by Gasteiger charge is 2.30. The van der Waals surface area contributed by atoms with Gasteiger partial charge in [0.15, 0.2) is 5.13 Å². The maximum atomic E-state index is 13.5. The fourth-order valence-electron chi connectivity index (χ4n) is 3.68. The molecule has 0 bridgehead atoms. The molecule has 3 heterocycles. The predicted molar refractivity (Wildman–Crippen MR) is 115 cm³/mol. The van der Waals surface area contributed by atoms with E-state index in [1.165, 1.54) is 5.56 Å². The van der Waals surface area contributed by atoms with Gasteiger partial charge in [0.05, 0.1) is 16.8 Å². The molecule has 4 rings (SSSR count). The number of aryl methyl sites for hydroxylation is 1. The molecule has 1 amide bonds. The number of rotatable bonds is 5. The van der Waals surface area contributed by atoms with Crippen molar-refractivity contribution in [2.24, 2.45) is 5.92 Å². The van der Waals surface area contributed by atoms with E-state index in [0.29, 0.717) is 6.54 Å². The molecule has 0 saturated carbocycles. The second kappa shape index (κ2) is 8.37. The summed E-state index contributed by atoms with van der Waals surface area (Å²) in [6.45, 7) is 4.61. The van der Waals surface area contributed by atoms with Crippen LogP contribution in [0.5, 0.6) is 0 Å². The summed E-state index contributed by atoms with van der Waals surface area (Å²) >= 11 is 1.61. The van der Waals surface area contributed by atoms with E-state index in [2.05, 4.69) is 42.1 Å². The molecule has 1 fully saturated rings. The first-order chi connectivity index (χ1) is 13.6. The molecule has 0 N–H and O–H groups in total. The van der Waals surface area contributed by atoms with Crippen molar-refractivity contribution in [2.75, 3.05) is 25.0 Å². The monoisotopic (exact) mass is 394 g/mol. The van der Waals surface area contributed by atoms with Gasteiger partial charge in [-0.2, -0.15) is 0 Å². The Morgan fingerprint density at radius 3 is 2.79 bits per heavy atom. The molecule has 2 aromatic heterocycles. The highest BCUT2D eigenvalue weighted by Crippen LogP contribution is 2.32. The van der Waals surface area contributed by atoms with E-state index in [9.17, 15) is 4.79 Å². The number of thiazole rings is 1. The molecule has 0 atom stereocenters. The maximum Gasteiger partial charge on any atom is 0.232 e. The van der Waals surface area contributed by atoms with Gasteiger partial charge < -0.3 is 4.90 Å². The van der Waals surface area contributed by atoms with Gasteiger partial charge in [-0.15, -0.1) is 0 Å². The zero-order valence-corrected chi connectivity index (χ0v) is 17.3. The summed E-state index contributed by atoms with van der Waals surface area (Å²) in [5, 5.41) is 0.788. The summed E-state index contributed by atoms with van der Waals surface area (Å²) in [7, 11) is 2.12. The van der Waals surface area contributed by atoms with Gasteiger partial charge in [0.2, 0.25) is 5.91 Å². The van der Waals surface area contributed by atoms with Gasteiger partial charge in [0.25, 0.3) is 0 Å². The number of amides is 1. The number of anilines is 1. The summed E-state index contributed by atoms with van der Waals surface area (Å²) in [6, 6.07) is 10.3. The number of carbonyl (C=O) groups excluding carboxylic acids is 1. The summed E-state index contributed by atoms with van der Waals surface area (Å²) in [6.07, 6.45) is 6.40. The van der Waals surface area contributed by atoms with Crippen LogP contribution in [0.4, 0.5) is 5.13 Å². The molecule has 1 aromatic carbocycles. The Morgan fingerprint density at radius 1 is 1.25 bits per heavy atom. The maximum absolute atomic E-state index is 13.5. The Morgan fingerprint density at radius 2 is 2.07 bits per heavy atom. The number of benzene rings is 1. The number of carbonyl (C=O) groups is 1. The summed E-state index contributed by atoms with van der Waals surface area (Å²) in [4.78, 5) is 26.7. The minimum absolute atomic E-state index is 0.0612. The van der Waals surface area contributed by atoms with Crippen LogP contribution in [0.15, 0.2) is 42.7 Å². The smallest absolute Gasteiger partial charge is 0.232 e. The van der Waals surface area contributed by atoms with E-state index in [4.69, 9.17) is 4.98 Å². The van der Waals surface area contributed by atoms with E-state index >= 15 is 0 Å². The van der Waals surface area contributed by atoms with Crippen molar-refractivity contribution in [3.8, 4) is 0 Å². The average molecular weight is 395 g/mol. The van der Waals surface area contributed by atoms with Crippen molar-refractivity contribution in [3.63, 3.8) is 0 Å². The van der Waals surface area contributed by atoms with Crippen LogP contribution in [0.3, 0.4) is 0 Å². The quantitative estimate of drug-likeness (QED) is 0.653. The first-order valence-electron chi connectivity index (χ1n) is 9.92. The third-order valence-electron chi connectivity index (χ3n) is 5.48. The van der Waals surface area contributed by atoms with Crippen molar-refractivity contribution < 1.29 is 4.79 Å². The molecule has 1 aliphatic heterocycles. The van der Waals surface area contributed by atoms with Crippen LogP contribution in [0.1, 0.15) is 30.9 Å². The van der Waals surface area contributed by atoms with E-state index in [1.54, 1.807) is 17.5 Å². The van der Waals surface area contributed by atoms with Gasteiger partial charge in [-0.05, 0) is 68.7 Å². The number of hydrogen-bond donors (Lipinski definition) is 0. The fraction of sp³-hybridized carbons (Fsp3) is 0.409. The Balaban J connectivity index is 1.67. The van der Waals surface area contributed by atoms with Crippen molar-refractivity contribution >= 4 is 32.6 Å². The summed E-state index contributed by atoms with van der Waals surface area (Å²) < 4.78 is 1.14. The fourth-order valence-corrected chi connectivity index (χ4v) is 4.72. The van der Waals surface area contributed by atoms with E-state index in [-0.39, 0.29) is 11.8 Å². The van der Waals surface area contributed by atoms with E-state index < -0.39 is 0 Å². The average Bonchev–Trinajstić information content (AvgIpc) is 3.15. The lowest BCUT2D eigenvalue weighted by Crippen LogP contribution is -2.41. The molecule has 1 aliphatic rings. The highest BCUT2D eigenvalue weighted by atomic mass is 32.1. The van der Waals surface area contributed by atoms with E-state index in [0.717, 1.165) is 53.3 Å². The van der Waals surface area contributed by atoms with Crippen LogP contribution in [-0.2, 0) is 17.8 Å². The lowest BCUT2D eigenvalue weighted by Gasteiger charge is -2.31. The Labute approximate surface area is 170 Å². The van der Waals surface area contributed by atoms with Crippen molar-refractivity contribution in [1.82, 2.24) is 14.9 Å². The van der Waals surface area contributed by atoms with Gasteiger partial charge in [0.1, 0.15) is 0 Å². The zero-order chi connectivity index (χ0) is 19.5. The summed E-state index contributed by atoms with van der Waals surface area (Å²) in [5.74, 6) is 0.248. The Bertz CT molecular complexity index is 948. The van der Waals surface area contributed by atoms with Crippen LogP contribution in [0.2, 0.25) is 0 Å². The van der Waals surface area contributed by atoms with Crippen LogP contribution < -0.4 is 4.90 Å². The molecule has 1 saturated heterocycles. The third kappa shape index (κ3) is 4.08. The number of likely N-dealkylation sites (tertiary alicyclic amines) is 1. The lowest BCUT2D eigenvalue weighted by molar-refractivity contribution is -0.123. The topological polar surface area (TPSA) is 49.3 Å². The number of pyridine rings is 1. The lowest BCUT2D eigenvalue weighted by atomic mass is 9.95. The largest absolute Gasteiger partial charge is 0.306 e. The second-order valence-corrected chi connectivity index (χ2v) is 8.52. The first-order valence-corrected chi connectivity index (χ1v) is 10.7. The van der Waals surface area contributed by atoms with E-state index in [1.807, 2.05) is 23.2 Å². The summed E-state index contributed by atoms with van der Waals surface area (Å²) in [5.41, 5.74) is 3.28.